The first-order chi connectivity index (χ1) is 11.5. The van der Waals surface area contributed by atoms with Crippen molar-refractivity contribution in [1.29, 1.82) is 0 Å². The Bertz CT molecular complexity index is 771. The number of aryl methyl sites for hydroxylation is 1. The third-order valence-corrected chi connectivity index (χ3v) is 3.99. The van der Waals surface area contributed by atoms with Crippen LogP contribution in [-0.4, -0.2) is 48.1 Å². The lowest BCUT2D eigenvalue weighted by Gasteiger charge is -2.39. The molecule has 1 aliphatic rings. The Labute approximate surface area is 139 Å². The molecule has 1 unspecified atom stereocenters. The molecule has 0 spiro atoms. The molecular weight excluding hydrogens is 310 g/mol. The number of methoxy groups -OCH3 is 1. The van der Waals surface area contributed by atoms with Gasteiger partial charge in [-0.1, -0.05) is 11.2 Å². The molecule has 1 aromatic heterocycles. The molecule has 126 valence electrons. The normalized spacial score (nSPS) is 18.0. The van der Waals surface area contributed by atoms with Crippen molar-refractivity contribution in [3.05, 3.63) is 41.8 Å². The van der Waals surface area contributed by atoms with Gasteiger partial charge in [-0.3, -0.25) is 9.59 Å². The number of rotatable bonds is 3. The Morgan fingerprint density at radius 2 is 2.17 bits per heavy atom. The second-order valence-corrected chi connectivity index (χ2v) is 5.82. The van der Waals surface area contributed by atoms with Gasteiger partial charge in [-0.15, -0.1) is 0 Å². The summed E-state index contributed by atoms with van der Waals surface area (Å²) >= 11 is 0. The average Bonchev–Trinajstić information content (AvgIpc) is 3.00. The zero-order chi connectivity index (χ0) is 17.3. The van der Waals surface area contributed by atoms with E-state index < -0.39 is 0 Å². The second kappa shape index (κ2) is 6.35. The summed E-state index contributed by atoms with van der Waals surface area (Å²) < 4.78 is 10.2. The fourth-order valence-corrected chi connectivity index (χ4v) is 2.89. The fraction of sp³-hybridized carbons (Fsp3) is 0.353. The zero-order valence-electron chi connectivity index (χ0n) is 13.9. The van der Waals surface area contributed by atoms with Crippen molar-refractivity contribution >= 4 is 17.5 Å². The number of carbonyl (C=O) groups excluding carboxylic acids is 2. The van der Waals surface area contributed by atoms with Crippen molar-refractivity contribution in [2.75, 3.05) is 25.1 Å². The van der Waals surface area contributed by atoms with E-state index in [4.69, 9.17) is 9.26 Å². The van der Waals surface area contributed by atoms with E-state index in [0.717, 1.165) is 5.69 Å². The lowest BCUT2D eigenvalue weighted by Crippen LogP contribution is -2.57. The number of hydrogen-bond donors (Lipinski definition) is 0. The smallest absolute Gasteiger partial charge is 0.276 e. The van der Waals surface area contributed by atoms with Crippen LogP contribution in [0.4, 0.5) is 5.69 Å². The van der Waals surface area contributed by atoms with Crippen molar-refractivity contribution in [2.45, 2.75) is 19.9 Å². The lowest BCUT2D eigenvalue weighted by atomic mass is 10.1. The molecule has 0 saturated carbocycles. The first-order valence-corrected chi connectivity index (χ1v) is 7.68. The van der Waals surface area contributed by atoms with E-state index in [1.165, 1.54) is 4.90 Å². The number of piperazine rings is 1. The van der Waals surface area contributed by atoms with Crippen molar-refractivity contribution in [3.63, 3.8) is 0 Å². The van der Waals surface area contributed by atoms with Gasteiger partial charge in [0.15, 0.2) is 5.69 Å². The van der Waals surface area contributed by atoms with Gasteiger partial charge < -0.3 is 19.1 Å². The molecule has 1 saturated heterocycles. The van der Waals surface area contributed by atoms with Gasteiger partial charge in [0.1, 0.15) is 18.1 Å². The Balaban J connectivity index is 1.79. The summed E-state index contributed by atoms with van der Waals surface area (Å²) in [6, 6.07) is 8.75. The highest BCUT2D eigenvalue weighted by Gasteiger charge is 2.34. The molecule has 24 heavy (non-hydrogen) atoms. The Morgan fingerprint density at radius 1 is 1.38 bits per heavy atom. The Kier molecular flexibility index (Phi) is 4.24. The molecule has 1 aromatic carbocycles. The van der Waals surface area contributed by atoms with E-state index in [2.05, 4.69) is 5.16 Å². The highest BCUT2D eigenvalue weighted by molar-refractivity contribution is 6.01. The summed E-state index contributed by atoms with van der Waals surface area (Å²) in [5, 5.41) is 3.73. The summed E-state index contributed by atoms with van der Waals surface area (Å²) in [5.74, 6) is 0.810. The summed E-state index contributed by atoms with van der Waals surface area (Å²) in [4.78, 5) is 28.3. The molecule has 0 aliphatic carbocycles. The van der Waals surface area contributed by atoms with Crippen LogP contribution in [0.15, 0.2) is 34.9 Å². The van der Waals surface area contributed by atoms with Gasteiger partial charge in [0.05, 0.1) is 13.2 Å². The number of amides is 2. The Hall–Kier alpha value is -2.83. The molecule has 2 heterocycles. The monoisotopic (exact) mass is 329 g/mol. The molecule has 3 rings (SSSR count). The van der Waals surface area contributed by atoms with Crippen molar-refractivity contribution in [1.82, 2.24) is 10.1 Å². The number of hydrogen-bond acceptors (Lipinski definition) is 5. The van der Waals surface area contributed by atoms with Gasteiger partial charge in [-0.05, 0) is 26.0 Å². The first-order valence-electron chi connectivity index (χ1n) is 7.68. The maximum absolute atomic E-state index is 12.6. The van der Waals surface area contributed by atoms with Crippen LogP contribution in [-0.2, 0) is 4.79 Å². The van der Waals surface area contributed by atoms with E-state index in [0.29, 0.717) is 18.1 Å². The third kappa shape index (κ3) is 2.97. The summed E-state index contributed by atoms with van der Waals surface area (Å²) in [7, 11) is 1.58. The predicted octanol–water partition coefficient (Wildman–Crippen LogP) is 1.87. The van der Waals surface area contributed by atoms with E-state index in [-0.39, 0.29) is 30.1 Å². The van der Waals surface area contributed by atoms with Crippen LogP contribution in [0.2, 0.25) is 0 Å². The molecule has 7 heteroatoms. The molecule has 2 amide bonds. The van der Waals surface area contributed by atoms with Crippen LogP contribution in [0.5, 0.6) is 5.75 Å². The standard InChI is InChI=1S/C17H19N3O4/c1-11-9-19(17(22)15-7-12(2)24-18-15)10-16(21)20(11)13-5-4-6-14(8-13)23-3/h4-8,11H,9-10H2,1-3H3. The van der Waals surface area contributed by atoms with Crippen molar-refractivity contribution in [2.24, 2.45) is 0 Å². The first kappa shape index (κ1) is 16.0. The highest BCUT2D eigenvalue weighted by atomic mass is 16.5. The van der Waals surface area contributed by atoms with Crippen LogP contribution in [0.25, 0.3) is 0 Å². The van der Waals surface area contributed by atoms with E-state index >= 15 is 0 Å². The topological polar surface area (TPSA) is 75.9 Å². The van der Waals surface area contributed by atoms with E-state index in [9.17, 15) is 9.59 Å². The molecule has 1 aliphatic heterocycles. The minimum atomic E-state index is -0.294. The van der Waals surface area contributed by atoms with Gasteiger partial charge >= 0.3 is 0 Å². The molecular formula is C17H19N3O4. The van der Waals surface area contributed by atoms with Crippen LogP contribution < -0.4 is 9.64 Å². The minimum Gasteiger partial charge on any atom is -0.497 e. The van der Waals surface area contributed by atoms with Gasteiger partial charge in [0, 0.05) is 24.4 Å². The number of benzene rings is 1. The fourth-order valence-electron chi connectivity index (χ4n) is 2.89. The molecule has 0 N–H and O–H groups in total. The average molecular weight is 329 g/mol. The van der Waals surface area contributed by atoms with Crippen molar-refractivity contribution < 1.29 is 18.8 Å². The minimum absolute atomic E-state index is 0.00624. The molecule has 0 bridgehead atoms. The van der Waals surface area contributed by atoms with Crippen LogP contribution in [0.1, 0.15) is 23.2 Å². The van der Waals surface area contributed by atoms with Gasteiger partial charge in [0.2, 0.25) is 5.91 Å². The molecule has 1 atom stereocenters. The van der Waals surface area contributed by atoms with Crippen LogP contribution in [0.3, 0.4) is 0 Å². The number of nitrogens with zero attached hydrogens (tertiary/aromatic N) is 3. The molecule has 7 nitrogen and oxygen atoms in total. The maximum Gasteiger partial charge on any atom is 0.276 e. The molecule has 0 radical (unpaired) electrons. The summed E-state index contributed by atoms with van der Waals surface area (Å²) in [6.45, 7) is 4.06. The van der Waals surface area contributed by atoms with Gasteiger partial charge in [-0.25, -0.2) is 0 Å². The van der Waals surface area contributed by atoms with E-state index in [1.807, 2.05) is 31.2 Å². The maximum atomic E-state index is 12.6. The van der Waals surface area contributed by atoms with E-state index in [1.54, 1.807) is 25.0 Å². The number of anilines is 1. The predicted molar refractivity (Wildman–Crippen MR) is 87.1 cm³/mol. The quantitative estimate of drug-likeness (QED) is 0.859. The molecule has 1 fully saturated rings. The highest BCUT2D eigenvalue weighted by Crippen LogP contribution is 2.26. The third-order valence-electron chi connectivity index (χ3n) is 3.99. The van der Waals surface area contributed by atoms with Crippen LogP contribution >= 0.6 is 0 Å². The number of carbonyl (C=O) groups is 2. The SMILES string of the molecule is COc1cccc(N2C(=O)CN(C(=O)c3cc(C)on3)CC2C)c1. The summed E-state index contributed by atoms with van der Waals surface area (Å²) in [6.07, 6.45) is 0. The number of ether oxygens (including phenoxy) is 1. The van der Waals surface area contributed by atoms with Gasteiger partial charge in [-0.2, -0.15) is 0 Å². The second-order valence-electron chi connectivity index (χ2n) is 5.82. The molecule has 2 aromatic rings. The summed E-state index contributed by atoms with van der Waals surface area (Å²) in [5.41, 5.74) is 0.985. The Morgan fingerprint density at radius 3 is 2.79 bits per heavy atom. The lowest BCUT2D eigenvalue weighted by molar-refractivity contribution is -0.121. The van der Waals surface area contributed by atoms with Gasteiger partial charge in [0.25, 0.3) is 5.91 Å². The zero-order valence-corrected chi connectivity index (χ0v) is 13.9. The van der Waals surface area contributed by atoms with Crippen molar-refractivity contribution in [3.8, 4) is 5.75 Å². The number of aromatic nitrogens is 1. The van der Waals surface area contributed by atoms with Crippen LogP contribution in [0, 0.1) is 6.92 Å². The largest absolute Gasteiger partial charge is 0.497 e.